The van der Waals surface area contributed by atoms with E-state index in [1.807, 2.05) is 6.20 Å². The van der Waals surface area contributed by atoms with E-state index in [0.29, 0.717) is 12.5 Å². The molecule has 2 heterocycles. The lowest BCUT2D eigenvalue weighted by Crippen LogP contribution is -2.37. The summed E-state index contributed by atoms with van der Waals surface area (Å²) in [5, 5.41) is 11.1. The molecule has 0 aromatic carbocycles. The zero-order chi connectivity index (χ0) is 16.7. The lowest BCUT2D eigenvalue weighted by molar-refractivity contribution is 0.774. The summed E-state index contributed by atoms with van der Waals surface area (Å²) in [5.41, 5.74) is 1.06. The minimum absolute atomic E-state index is 0. The average Bonchev–Trinajstić information content (AvgIpc) is 3.19. The molecule has 2 aromatic heterocycles. The molecule has 0 aliphatic carbocycles. The summed E-state index contributed by atoms with van der Waals surface area (Å²) >= 11 is 3.51. The smallest absolute Gasteiger partial charge is 0.191 e. The van der Waals surface area contributed by atoms with Crippen molar-refractivity contribution in [1.82, 2.24) is 20.6 Å². The number of nitrogens with zero attached hydrogens (tertiary/aromatic N) is 3. The zero-order valence-electron chi connectivity index (χ0n) is 14.6. The van der Waals surface area contributed by atoms with Crippen molar-refractivity contribution < 1.29 is 0 Å². The summed E-state index contributed by atoms with van der Waals surface area (Å²) in [7, 11) is 1.79. The Morgan fingerprint density at radius 1 is 1.33 bits per heavy atom. The van der Waals surface area contributed by atoms with E-state index in [2.05, 4.69) is 51.7 Å². The molecule has 8 heteroatoms. The molecule has 134 valence electrons. The van der Waals surface area contributed by atoms with Crippen LogP contribution < -0.4 is 10.6 Å². The Kier molecular flexibility index (Phi) is 9.75. The highest BCUT2D eigenvalue weighted by Gasteiger charge is 2.06. The van der Waals surface area contributed by atoms with Crippen molar-refractivity contribution in [3.05, 3.63) is 32.2 Å². The van der Waals surface area contributed by atoms with Crippen LogP contribution in [0.4, 0.5) is 0 Å². The Labute approximate surface area is 169 Å². The Bertz CT molecular complexity index is 636. The van der Waals surface area contributed by atoms with Gasteiger partial charge in [0, 0.05) is 42.4 Å². The van der Waals surface area contributed by atoms with Crippen LogP contribution >= 0.6 is 46.7 Å². The van der Waals surface area contributed by atoms with Gasteiger partial charge in [-0.25, -0.2) is 9.97 Å². The molecule has 2 rings (SSSR count). The number of hydrogen-bond acceptors (Lipinski definition) is 5. The standard InChI is InChI=1S/C16H25N5S2.HI/c1-5-13-9-19-14(23-13)6-7-18-16(17-4)20-8-12-10-22-15(21-12)11(2)3;/h9-11H,5-8H2,1-4H3,(H2,17,18,20);1H. The average molecular weight is 479 g/mol. The fourth-order valence-corrected chi connectivity index (χ4v) is 3.68. The quantitative estimate of drug-likeness (QED) is 0.360. The van der Waals surface area contributed by atoms with Crippen LogP contribution in [0, 0.1) is 0 Å². The maximum atomic E-state index is 4.62. The van der Waals surface area contributed by atoms with Gasteiger partial charge in [0.25, 0.3) is 0 Å². The molecule has 0 unspecified atom stereocenters. The molecule has 0 fully saturated rings. The second-order valence-electron chi connectivity index (χ2n) is 5.51. The summed E-state index contributed by atoms with van der Waals surface area (Å²) in [4.78, 5) is 14.6. The van der Waals surface area contributed by atoms with Crippen LogP contribution in [0.2, 0.25) is 0 Å². The van der Waals surface area contributed by atoms with E-state index in [4.69, 9.17) is 0 Å². The van der Waals surface area contributed by atoms with E-state index < -0.39 is 0 Å². The Morgan fingerprint density at radius 3 is 2.71 bits per heavy atom. The normalized spacial score (nSPS) is 11.5. The third-order valence-electron chi connectivity index (χ3n) is 3.31. The number of thiazole rings is 2. The number of halogens is 1. The largest absolute Gasteiger partial charge is 0.356 e. The van der Waals surface area contributed by atoms with Crippen LogP contribution in [0.5, 0.6) is 0 Å². The van der Waals surface area contributed by atoms with Gasteiger partial charge in [-0.15, -0.1) is 46.7 Å². The van der Waals surface area contributed by atoms with E-state index in [1.165, 1.54) is 14.9 Å². The lowest BCUT2D eigenvalue weighted by atomic mass is 10.2. The number of guanidine groups is 1. The summed E-state index contributed by atoms with van der Waals surface area (Å²) in [6, 6.07) is 0. The van der Waals surface area contributed by atoms with Crippen molar-refractivity contribution in [2.45, 2.75) is 46.1 Å². The fourth-order valence-electron chi connectivity index (χ4n) is 1.98. The van der Waals surface area contributed by atoms with Gasteiger partial charge >= 0.3 is 0 Å². The van der Waals surface area contributed by atoms with Crippen LogP contribution in [0.3, 0.4) is 0 Å². The number of nitrogens with one attached hydrogen (secondary N) is 2. The summed E-state index contributed by atoms with van der Waals surface area (Å²) < 4.78 is 0. The first-order valence-electron chi connectivity index (χ1n) is 7.94. The van der Waals surface area contributed by atoms with Crippen LogP contribution in [0.15, 0.2) is 16.6 Å². The summed E-state index contributed by atoms with van der Waals surface area (Å²) in [5.74, 6) is 1.29. The molecule has 24 heavy (non-hydrogen) atoms. The van der Waals surface area contributed by atoms with Gasteiger partial charge in [-0.2, -0.15) is 0 Å². The van der Waals surface area contributed by atoms with Gasteiger partial charge < -0.3 is 10.6 Å². The molecule has 0 saturated heterocycles. The van der Waals surface area contributed by atoms with Crippen LogP contribution in [-0.2, 0) is 19.4 Å². The van der Waals surface area contributed by atoms with E-state index in [0.717, 1.165) is 31.0 Å². The second kappa shape index (κ2) is 11.0. The van der Waals surface area contributed by atoms with E-state index in [9.17, 15) is 0 Å². The van der Waals surface area contributed by atoms with E-state index in [1.54, 1.807) is 29.7 Å². The van der Waals surface area contributed by atoms with Gasteiger partial charge in [-0.1, -0.05) is 20.8 Å². The van der Waals surface area contributed by atoms with Gasteiger partial charge in [0.2, 0.25) is 0 Å². The molecule has 5 nitrogen and oxygen atoms in total. The van der Waals surface area contributed by atoms with Crippen LogP contribution in [-0.4, -0.2) is 29.5 Å². The predicted molar refractivity (Wildman–Crippen MR) is 115 cm³/mol. The first-order chi connectivity index (χ1) is 11.1. The van der Waals surface area contributed by atoms with Crippen LogP contribution in [0.1, 0.15) is 47.3 Å². The Morgan fingerprint density at radius 2 is 2.12 bits per heavy atom. The fraction of sp³-hybridized carbons (Fsp3) is 0.562. The van der Waals surface area contributed by atoms with Crippen molar-refractivity contribution >= 4 is 52.6 Å². The highest BCUT2D eigenvalue weighted by atomic mass is 127. The third-order valence-corrected chi connectivity index (χ3v) is 5.70. The highest BCUT2D eigenvalue weighted by molar-refractivity contribution is 14.0. The van der Waals surface area contributed by atoms with Crippen LogP contribution in [0.25, 0.3) is 0 Å². The molecule has 0 bridgehead atoms. The molecular formula is C16H26IN5S2. The van der Waals surface area contributed by atoms with Gasteiger partial charge in [-0.3, -0.25) is 4.99 Å². The Balaban J connectivity index is 0.00000288. The molecule has 0 amide bonds. The number of rotatable bonds is 7. The van der Waals surface area contributed by atoms with Crippen molar-refractivity contribution in [3.8, 4) is 0 Å². The summed E-state index contributed by atoms with van der Waals surface area (Å²) in [6.45, 7) is 8.01. The molecule has 0 aliphatic rings. The van der Waals surface area contributed by atoms with Crippen molar-refractivity contribution in [2.75, 3.05) is 13.6 Å². The molecular weight excluding hydrogens is 453 g/mol. The number of hydrogen-bond donors (Lipinski definition) is 2. The topological polar surface area (TPSA) is 62.2 Å². The van der Waals surface area contributed by atoms with Crippen molar-refractivity contribution in [1.29, 1.82) is 0 Å². The molecule has 2 N–H and O–H groups in total. The Hall–Kier alpha value is -0.740. The number of aryl methyl sites for hydroxylation is 1. The molecule has 0 atom stereocenters. The third kappa shape index (κ3) is 6.64. The lowest BCUT2D eigenvalue weighted by Gasteiger charge is -2.10. The number of aliphatic imine (C=N–C) groups is 1. The van der Waals surface area contributed by atoms with Gasteiger partial charge in [-0.05, 0) is 6.42 Å². The SMILES string of the molecule is CCc1cnc(CCNC(=NC)NCc2csc(C(C)C)n2)s1.I. The molecule has 0 spiro atoms. The minimum atomic E-state index is 0. The minimum Gasteiger partial charge on any atom is -0.356 e. The molecule has 0 aliphatic heterocycles. The van der Waals surface area contributed by atoms with Gasteiger partial charge in [0.05, 0.1) is 22.3 Å². The van der Waals surface area contributed by atoms with Gasteiger partial charge in [0.15, 0.2) is 5.96 Å². The zero-order valence-corrected chi connectivity index (χ0v) is 18.6. The first-order valence-corrected chi connectivity index (χ1v) is 9.64. The second-order valence-corrected chi connectivity index (χ2v) is 7.60. The monoisotopic (exact) mass is 479 g/mol. The molecule has 2 aromatic rings. The first kappa shape index (κ1) is 21.3. The maximum absolute atomic E-state index is 4.62. The predicted octanol–water partition coefficient (Wildman–Crippen LogP) is 3.81. The molecule has 0 saturated carbocycles. The number of aromatic nitrogens is 2. The van der Waals surface area contributed by atoms with Crippen molar-refractivity contribution in [2.24, 2.45) is 4.99 Å². The van der Waals surface area contributed by atoms with Crippen molar-refractivity contribution in [3.63, 3.8) is 0 Å². The van der Waals surface area contributed by atoms with E-state index in [-0.39, 0.29) is 24.0 Å². The maximum Gasteiger partial charge on any atom is 0.191 e. The highest BCUT2D eigenvalue weighted by Crippen LogP contribution is 2.18. The molecule has 0 radical (unpaired) electrons. The van der Waals surface area contributed by atoms with Gasteiger partial charge in [0.1, 0.15) is 0 Å². The summed E-state index contributed by atoms with van der Waals surface area (Å²) in [6.07, 6.45) is 3.95. The van der Waals surface area contributed by atoms with E-state index >= 15 is 0 Å².